The topological polar surface area (TPSA) is 188 Å². The fourth-order valence-corrected chi connectivity index (χ4v) is 3.90. The van der Waals surface area contributed by atoms with E-state index in [1.807, 2.05) is 0 Å². The highest BCUT2D eigenvalue weighted by Gasteiger charge is 2.44. The lowest BCUT2D eigenvalue weighted by Crippen LogP contribution is -2.60. The molecule has 1 aliphatic rings. The highest BCUT2D eigenvalue weighted by molar-refractivity contribution is 5.56. The SMILES string of the molecule is COc1cc(O[C@@H]2O[C@H](CO)[C@@H](O)[C@H](O)[C@H]2O)cc([C@H](O)[C@H](CO)Oc2ccc(/C=C/CO)cc2OC)c1. The fourth-order valence-electron chi connectivity index (χ4n) is 3.90. The molecular formula is C26H34O12. The molecule has 0 spiro atoms. The third-order valence-electron chi connectivity index (χ3n) is 5.99. The number of aliphatic hydroxyl groups is 7. The Balaban J connectivity index is 1.83. The highest BCUT2D eigenvalue weighted by Crippen LogP contribution is 2.34. The van der Waals surface area contributed by atoms with E-state index < -0.39 is 56.1 Å². The van der Waals surface area contributed by atoms with Gasteiger partial charge in [-0.2, -0.15) is 0 Å². The van der Waals surface area contributed by atoms with Crippen molar-refractivity contribution in [2.45, 2.75) is 42.9 Å². The summed E-state index contributed by atoms with van der Waals surface area (Å²) in [6, 6.07) is 9.32. The molecule has 1 heterocycles. The number of ether oxygens (including phenoxy) is 5. The second-order valence-electron chi connectivity index (χ2n) is 8.54. The minimum atomic E-state index is -1.64. The molecule has 0 unspecified atom stereocenters. The molecule has 0 radical (unpaired) electrons. The van der Waals surface area contributed by atoms with Gasteiger partial charge in [-0.25, -0.2) is 0 Å². The van der Waals surface area contributed by atoms with Gasteiger partial charge in [0, 0.05) is 6.07 Å². The van der Waals surface area contributed by atoms with E-state index in [0.717, 1.165) is 5.56 Å². The molecule has 0 saturated carbocycles. The zero-order chi connectivity index (χ0) is 27.8. The average molecular weight is 539 g/mol. The lowest BCUT2D eigenvalue weighted by Gasteiger charge is -2.39. The first kappa shape index (κ1) is 29.6. The van der Waals surface area contributed by atoms with Crippen LogP contribution in [0.25, 0.3) is 6.08 Å². The van der Waals surface area contributed by atoms with E-state index in [9.17, 15) is 30.6 Å². The predicted molar refractivity (Wildman–Crippen MR) is 133 cm³/mol. The molecule has 1 fully saturated rings. The molecule has 0 aliphatic carbocycles. The number of benzene rings is 2. The van der Waals surface area contributed by atoms with Crippen LogP contribution in [-0.2, 0) is 4.74 Å². The Hall–Kier alpha value is -2.94. The minimum Gasteiger partial charge on any atom is -0.497 e. The van der Waals surface area contributed by atoms with Gasteiger partial charge in [0.2, 0.25) is 6.29 Å². The van der Waals surface area contributed by atoms with E-state index in [1.54, 1.807) is 30.4 Å². The van der Waals surface area contributed by atoms with Crippen molar-refractivity contribution in [3.63, 3.8) is 0 Å². The van der Waals surface area contributed by atoms with Crippen LogP contribution in [0.15, 0.2) is 42.5 Å². The van der Waals surface area contributed by atoms with E-state index in [1.165, 1.54) is 32.4 Å². The Morgan fingerprint density at radius 1 is 0.895 bits per heavy atom. The van der Waals surface area contributed by atoms with Gasteiger partial charge in [0.15, 0.2) is 17.6 Å². The molecule has 12 nitrogen and oxygen atoms in total. The molecule has 2 aromatic carbocycles. The van der Waals surface area contributed by atoms with Crippen LogP contribution in [0, 0.1) is 0 Å². The van der Waals surface area contributed by atoms with E-state index >= 15 is 0 Å². The van der Waals surface area contributed by atoms with Crippen molar-refractivity contribution >= 4 is 6.08 Å². The van der Waals surface area contributed by atoms with Crippen molar-refractivity contribution in [3.8, 4) is 23.0 Å². The van der Waals surface area contributed by atoms with E-state index in [2.05, 4.69) is 0 Å². The molecule has 3 rings (SSSR count). The van der Waals surface area contributed by atoms with Crippen molar-refractivity contribution in [2.24, 2.45) is 0 Å². The maximum atomic E-state index is 11.1. The van der Waals surface area contributed by atoms with Crippen molar-refractivity contribution in [1.29, 1.82) is 0 Å². The average Bonchev–Trinajstić information content (AvgIpc) is 2.94. The Bertz CT molecular complexity index is 1060. The van der Waals surface area contributed by atoms with Crippen molar-refractivity contribution in [1.82, 2.24) is 0 Å². The maximum Gasteiger partial charge on any atom is 0.229 e. The van der Waals surface area contributed by atoms with Crippen LogP contribution in [0.4, 0.5) is 0 Å². The Morgan fingerprint density at radius 3 is 2.26 bits per heavy atom. The van der Waals surface area contributed by atoms with Crippen molar-refractivity contribution in [3.05, 3.63) is 53.6 Å². The second kappa shape index (κ2) is 13.7. The molecule has 1 aliphatic heterocycles. The van der Waals surface area contributed by atoms with Gasteiger partial charge in [0.25, 0.3) is 0 Å². The molecule has 7 N–H and O–H groups in total. The fraction of sp³-hybridized carbons (Fsp3) is 0.462. The molecule has 0 aromatic heterocycles. The van der Waals surface area contributed by atoms with Crippen LogP contribution in [0.2, 0.25) is 0 Å². The second-order valence-corrected chi connectivity index (χ2v) is 8.54. The van der Waals surface area contributed by atoms with Gasteiger partial charge in [-0.3, -0.25) is 0 Å². The third kappa shape index (κ3) is 6.92. The van der Waals surface area contributed by atoms with Gasteiger partial charge in [-0.05, 0) is 35.4 Å². The van der Waals surface area contributed by atoms with Gasteiger partial charge in [-0.15, -0.1) is 0 Å². The number of rotatable bonds is 12. The van der Waals surface area contributed by atoms with Gasteiger partial charge < -0.3 is 59.4 Å². The Kier molecular flexibility index (Phi) is 10.7. The number of hydrogen-bond donors (Lipinski definition) is 7. The van der Waals surface area contributed by atoms with Gasteiger partial charge in [-0.1, -0.05) is 18.2 Å². The lowest BCUT2D eigenvalue weighted by molar-refractivity contribution is -0.277. The molecule has 7 atom stereocenters. The molecule has 1 saturated heterocycles. The predicted octanol–water partition coefficient (Wildman–Crippen LogP) is -0.639. The largest absolute Gasteiger partial charge is 0.497 e. The monoisotopic (exact) mass is 538 g/mol. The minimum absolute atomic E-state index is 0.0667. The van der Waals surface area contributed by atoms with Crippen LogP contribution < -0.4 is 18.9 Å². The van der Waals surface area contributed by atoms with Crippen LogP contribution in [0.3, 0.4) is 0 Å². The standard InChI is InChI=1S/C26H34O12/c1-34-16-9-15(10-17(11-16)36-26-25(33)24(32)23(31)21(13-29)38-26)22(30)20(12-28)37-18-6-5-14(4-3-7-27)8-19(18)35-2/h3-6,8-11,20-33H,7,12-13H2,1-2H3/b4-3+/t20-,21+,22-,23+,24-,25+,26+/m0/s1. The van der Waals surface area contributed by atoms with Crippen LogP contribution in [-0.4, -0.2) is 107 Å². The Labute approximate surface area is 219 Å². The number of hydrogen-bond acceptors (Lipinski definition) is 12. The Morgan fingerprint density at radius 2 is 1.63 bits per heavy atom. The summed E-state index contributed by atoms with van der Waals surface area (Å²) in [4.78, 5) is 0. The summed E-state index contributed by atoms with van der Waals surface area (Å²) in [5.41, 5.74) is 0.969. The van der Waals surface area contributed by atoms with Gasteiger partial charge in [0.05, 0.1) is 34.0 Å². The molecule has 2 aromatic rings. The summed E-state index contributed by atoms with van der Waals surface area (Å²) in [5, 5.41) is 69.7. The maximum absolute atomic E-state index is 11.1. The molecule has 0 amide bonds. The molecule has 210 valence electrons. The zero-order valence-corrected chi connectivity index (χ0v) is 21.0. The summed E-state index contributed by atoms with van der Waals surface area (Å²) in [7, 11) is 2.83. The molecule has 38 heavy (non-hydrogen) atoms. The normalized spacial score (nSPS) is 25.1. The first-order valence-corrected chi connectivity index (χ1v) is 11.8. The van der Waals surface area contributed by atoms with E-state index in [0.29, 0.717) is 5.75 Å². The van der Waals surface area contributed by atoms with Crippen molar-refractivity contribution in [2.75, 3.05) is 34.0 Å². The summed E-state index contributed by atoms with van der Waals surface area (Å²) in [6.45, 7) is -1.32. The third-order valence-corrected chi connectivity index (χ3v) is 5.99. The first-order chi connectivity index (χ1) is 18.3. The molecule has 0 bridgehead atoms. The molecule has 12 heteroatoms. The smallest absolute Gasteiger partial charge is 0.229 e. The van der Waals surface area contributed by atoms with E-state index in [-0.39, 0.29) is 29.4 Å². The number of aliphatic hydroxyl groups excluding tert-OH is 7. The summed E-state index contributed by atoms with van der Waals surface area (Å²) < 4.78 is 27.6. The molecular weight excluding hydrogens is 504 g/mol. The van der Waals surface area contributed by atoms with Gasteiger partial charge >= 0.3 is 0 Å². The van der Waals surface area contributed by atoms with E-state index in [4.69, 9.17) is 28.8 Å². The van der Waals surface area contributed by atoms with Crippen molar-refractivity contribution < 1.29 is 59.4 Å². The van der Waals surface area contributed by atoms with Crippen LogP contribution in [0.5, 0.6) is 23.0 Å². The quantitative estimate of drug-likeness (QED) is 0.181. The highest BCUT2D eigenvalue weighted by atomic mass is 16.7. The summed E-state index contributed by atoms with van der Waals surface area (Å²) >= 11 is 0. The van der Waals surface area contributed by atoms with Crippen LogP contribution >= 0.6 is 0 Å². The summed E-state index contributed by atoms with van der Waals surface area (Å²) in [6.07, 6.45) is -6.70. The zero-order valence-electron chi connectivity index (χ0n) is 21.0. The lowest BCUT2D eigenvalue weighted by atomic mass is 9.99. The summed E-state index contributed by atoms with van der Waals surface area (Å²) in [5.74, 6) is 0.924. The van der Waals surface area contributed by atoms with Crippen LogP contribution in [0.1, 0.15) is 17.2 Å². The first-order valence-electron chi connectivity index (χ1n) is 11.8. The number of methoxy groups -OCH3 is 2. The van der Waals surface area contributed by atoms with Gasteiger partial charge in [0.1, 0.15) is 42.0 Å².